The van der Waals surface area contributed by atoms with Crippen LogP contribution in [0, 0.1) is 0 Å². The van der Waals surface area contributed by atoms with Gasteiger partial charge in [0.2, 0.25) is 13.4 Å². The molecule has 0 aliphatic carbocycles. The summed E-state index contributed by atoms with van der Waals surface area (Å²) >= 11 is 0. The zero-order chi connectivity index (χ0) is 36.7. The van der Waals surface area contributed by atoms with E-state index in [1.54, 1.807) is 0 Å². The average Bonchev–Trinajstić information content (AvgIpc) is 3.69. The summed E-state index contributed by atoms with van der Waals surface area (Å²) in [6.07, 6.45) is 0. The maximum Gasteiger partial charge on any atom is 0.248 e. The number of benzene rings is 7. The monoisotopic (exact) mass is 692 g/mol. The Labute approximate surface area is 320 Å². The molecule has 0 N–H and O–H groups in total. The maximum absolute atomic E-state index is 2.58. The molecule has 258 valence electrons. The lowest BCUT2D eigenvalue weighted by atomic mass is 9.34. The predicted octanol–water partition coefficient (Wildman–Crippen LogP) is 8.84. The van der Waals surface area contributed by atoms with Crippen molar-refractivity contribution in [1.82, 2.24) is 0 Å². The van der Waals surface area contributed by atoms with Crippen LogP contribution in [-0.4, -0.2) is 13.4 Å². The smallest absolute Gasteiger partial charge is 0.248 e. The van der Waals surface area contributed by atoms with Crippen molar-refractivity contribution in [1.29, 1.82) is 0 Å². The number of nitrogens with zero attached hydrogens (tertiary/aromatic N) is 2. The molecule has 0 saturated heterocycles. The van der Waals surface area contributed by atoms with Gasteiger partial charge in [-0.1, -0.05) is 150 Å². The molecular weight excluding hydrogens is 650 g/mol. The highest BCUT2D eigenvalue weighted by molar-refractivity contribution is 7.03. The van der Waals surface area contributed by atoms with E-state index in [1.807, 2.05) is 0 Å². The largest absolute Gasteiger partial charge is 0.312 e. The summed E-state index contributed by atoms with van der Waals surface area (Å²) in [5.41, 5.74) is 24.1. The van der Waals surface area contributed by atoms with Gasteiger partial charge in [0.1, 0.15) is 0 Å². The van der Waals surface area contributed by atoms with Crippen LogP contribution in [0.5, 0.6) is 0 Å². The van der Waals surface area contributed by atoms with Gasteiger partial charge < -0.3 is 9.80 Å². The lowest BCUT2D eigenvalue weighted by molar-refractivity contribution is 0.590. The van der Waals surface area contributed by atoms with E-state index in [9.17, 15) is 0 Å². The van der Waals surface area contributed by atoms with Crippen molar-refractivity contribution in [2.24, 2.45) is 0 Å². The van der Waals surface area contributed by atoms with Gasteiger partial charge in [-0.15, -0.1) is 0 Å². The van der Waals surface area contributed by atoms with Crippen molar-refractivity contribution in [2.45, 2.75) is 52.4 Å². The first kappa shape index (κ1) is 31.8. The van der Waals surface area contributed by atoms with Crippen LogP contribution in [0.3, 0.4) is 0 Å². The van der Waals surface area contributed by atoms with Crippen LogP contribution < -0.4 is 42.6 Å². The molecule has 7 aromatic rings. The van der Waals surface area contributed by atoms with Crippen LogP contribution in [0.2, 0.25) is 0 Å². The first-order chi connectivity index (χ1) is 26.1. The average molecular weight is 693 g/mol. The molecular formula is C50H42B2N2. The van der Waals surface area contributed by atoms with Crippen molar-refractivity contribution < 1.29 is 0 Å². The fourth-order valence-electron chi connectivity index (χ4n) is 9.98. The van der Waals surface area contributed by atoms with E-state index < -0.39 is 0 Å². The summed E-state index contributed by atoms with van der Waals surface area (Å²) in [6, 6.07) is 55.7. The predicted molar refractivity (Wildman–Crippen MR) is 233 cm³/mol. The minimum Gasteiger partial charge on any atom is -0.312 e. The summed E-state index contributed by atoms with van der Waals surface area (Å²) in [5.74, 6) is 0. The number of hydrogen-bond donors (Lipinski definition) is 0. The van der Waals surface area contributed by atoms with Crippen LogP contribution in [-0.2, 0) is 10.8 Å². The Morgan fingerprint density at radius 3 is 1.46 bits per heavy atom. The molecule has 0 spiro atoms. The Kier molecular flexibility index (Phi) is 6.42. The summed E-state index contributed by atoms with van der Waals surface area (Å²) in [7, 11) is 0. The van der Waals surface area contributed by atoms with E-state index in [0.29, 0.717) is 0 Å². The maximum atomic E-state index is 2.58. The highest BCUT2D eigenvalue weighted by atomic mass is 15.2. The van der Waals surface area contributed by atoms with E-state index in [0.717, 1.165) is 0 Å². The minimum atomic E-state index is -0.00619. The van der Waals surface area contributed by atoms with Gasteiger partial charge in [-0.25, -0.2) is 0 Å². The molecule has 54 heavy (non-hydrogen) atoms. The molecule has 0 bridgehead atoms. The summed E-state index contributed by atoms with van der Waals surface area (Å²) < 4.78 is 0. The first-order valence-corrected chi connectivity index (χ1v) is 19.5. The third-order valence-electron chi connectivity index (χ3n) is 12.6. The van der Waals surface area contributed by atoms with E-state index >= 15 is 0 Å². The van der Waals surface area contributed by atoms with Gasteiger partial charge in [0.15, 0.2) is 0 Å². The Bertz CT molecular complexity index is 2700. The van der Waals surface area contributed by atoms with Gasteiger partial charge >= 0.3 is 0 Å². The van der Waals surface area contributed by atoms with Crippen molar-refractivity contribution in [3.8, 4) is 22.3 Å². The molecule has 0 unspecified atom stereocenters. The number of anilines is 6. The SMILES string of the molecule is CC(C)(C)c1ccc(N2c3cc4c(cc3B3c5ccccc5-c5cccc2c53)N(c2ccccc2)c2cc(C(C)(C)C)cc3c2B4c2ccccc2-3)cc1. The molecule has 7 aromatic carbocycles. The van der Waals surface area contributed by atoms with Gasteiger partial charge in [0.05, 0.1) is 0 Å². The highest BCUT2D eigenvalue weighted by Crippen LogP contribution is 2.46. The van der Waals surface area contributed by atoms with E-state index in [-0.39, 0.29) is 24.3 Å². The Morgan fingerprint density at radius 1 is 0.352 bits per heavy atom. The topological polar surface area (TPSA) is 6.48 Å². The van der Waals surface area contributed by atoms with Gasteiger partial charge in [-0.05, 0) is 115 Å². The second-order valence-electron chi connectivity index (χ2n) is 17.8. The van der Waals surface area contributed by atoms with Crippen LogP contribution in [0.1, 0.15) is 52.7 Å². The zero-order valence-electron chi connectivity index (χ0n) is 31.9. The van der Waals surface area contributed by atoms with Crippen LogP contribution in [0.15, 0.2) is 146 Å². The van der Waals surface area contributed by atoms with Gasteiger partial charge in [0, 0.05) is 34.1 Å². The van der Waals surface area contributed by atoms with E-state index in [4.69, 9.17) is 0 Å². The Balaban J connectivity index is 1.25. The van der Waals surface area contributed by atoms with Crippen LogP contribution in [0.4, 0.5) is 34.1 Å². The number of hydrogen-bond acceptors (Lipinski definition) is 2. The van der Waals surface area contributed by atoms with Crippen molar-refractivity contribution in [3.05, 3.63) is 157 Å². The molecule has 0 amide bonds. The van der Waals surface area contributed by atoms with E-state index in [1.165, 1.54) is 100 Å². The molecule has 0 radical (unpaired) electrons. The third-order valence-corrected chi connectivity index (χ3v) is 12.6. The molecule has 11 rings (SSSR count). The lowest BCUT2D eigenvalue weighted by Crippen LogP contribution is -2.59. The minimum absolute atomic E-state index is 0.00619. The molecule has 0 atom stereocenters. The van der Waals surface area contributed by atoms with Gasteiger partial charge in [-0.3, -0.25) is 0 Å². The third kappa shape index (κ3) is 4.31. The molecule has 2 nitrogen and oxygen atoms in total. The highest BCUT2D eigenvalue weighted by Gasteiger charge is 2.47. The fourth-order valence-corrected chi connectivity index (χ4v) is 9.98. The molecule has 0 fully saturated rings. The molecule has 4 aliphatic heterocycles. The molecule has 0 aromatic heterocycles. The second kappa shape index (κ2) is 10.9. The molecule has 4 heteroatoms. The first-order valence-electron chi connectivity index (χ1n) is 19.5. The molecule has 4 heterocycles. The summed E-state index contributed by atoms with van der Waals surface area (Å²) in [6.45, 7) is 14.2. The molecule has 0 saturated carbocycles. The second-order valence-corrected chi connectivity index (χ2v) is 17.8. The van der Waals surface area contributed by atoms with Crippen LogP contribution >= 0.6 is 0 Å². The zero-order valence-corrected chi connectivity index (χ0v) is 31.9. The Morgan fingerprint density at radius 2 is 0.852 bits per heavy atom. The van der Waals surface area contributed by atoms with Gasteiger partial charge in [-0.2, -0.15) is 0 Å². The fraction of sp³-hybridized carbons (Fsp3) is 0.160. The lowest BCUT2D eigenvalue weighted by Gasteiger charge is -2.41. The number of para-hydroxylation sites is 1. The van der Waals surface area contributed by atoms with Crippen LogP contribution in [0.25, 0.3) is 22.3 Å². The normalized spacial score (nSPS) is 14.3. The quantitative estimate of drug-likeness (QED) is 0.167. The van der Waals surface area contributed by atoms with Crippen molar-refractivity contribution >= 4 is 80.3 Å². The van der Waals surface area contributed by atoms with Crippen molar-refractivity contribution in [3.63, 3.8) is 0 Å². The number of rotatable bonds is 2. The molecule has 4 aliphatic rings. The van der Waals surface area contributed by atoms with Crippen molar-refractivity contribution in [2.75, 3.05) is 9.80 Å². The van der Waals surface area contributed by atoms with E-state index in [2.05, 4.69) is 197 Å². The summed E-state index contributed by atoms with van der Waals surface area (Å²) in [5, 5.41) is 0. The van der Waals surface area contributed by atoms with Gasteiger partial charge in [0.25, 0.3) is 0 Å². The Hall–Kier alpha value is -5.73. The number of fused-ring (bicyclic) bond motifs is 10. The standard InChI is InChI=1S/C50H42B2N2/c1-49(2,3)31-23-25-34(26-24-31)53-43-22-14-19-37-35-17-10-12-20-39(35)51(47(37)43)41-30-45-42(29-44(41)53)52-40-21-13-11-18-36(40)38-27-32(50(4,5)6)28-46(48(38)52)54(45)33-15-8-7-9-16-33/h7-30H,1-6H3. The summed E-state index contributed by atoms with van der Waals surface area (Å²) in [4.78, 5) is 5.15.